The maximum Gasteiger partial charge on any atom is 0.138 e. The van der Waals surface area contributed by atoms with E-state index in [2.05, 4.69) is 0 Å². The van der Waals surface area contributed by atoms with Crippen LogP contribution in [0.2, 0.25) is 10.0 Å². The second-order valence-electron chi connectivity index (χ2n) is 4.67. The molecule has 0 radical (unpaired) electrons. The standard InChI is InChI=1S/C16H13Cl2NO2/c1-20-10-6-5-9-7-14(21-13(9)8-10)16(19)11-3-2-4-12(17)15(11)18/h2-8,16H,19H2,1H3. The molecule has 3 nitrogen and oxygen atoms in total. The van der Waals surface area contributed by atoms with Crippen molar-refractivity contribution in [2.75, 3.05) is 7.11 Å². The molecule has 21 heavy (non-hydrogen) atoms. The molecule has 0 bridgehead atoms. The minimum absolute atomic E-state index is 0.449. The van der Waals surface area contributed by atoms with Crippen molar-refractivity contribution >= 4 is 34.2 Å². The Morgan fingerprint density at radius 3 is 2.71 bits per heavy atom. The number of rotatable bonds is 3. The highest BCUT2D eigenvalue weighted by Crippen LogP contribution is 2.34. The van der Waals surface area contributed by atoms with Crippen molar-refractivity contribution in [3.8, 4) is 5.75 Å². The van der Waals surface area contributed by atoms with E-state index >= 15 is 0 Å². The fourth-order valence-electron chi connectivity index (χ4n) is 2.23. The van der Waals surface area contributed by atoms with Gasteiger partial charge < -0.3 is 14.9 Å². The molecule has 1 atom stereocenters. The third kappa shape index (κ3) is 2.60. The van der Waals surface area contributed by atoms with Gasteiger partial charge in [-0.25, -0.2) is 0 Å². The van der Waals surface area contributed by atoms with Crippen LogP contribution < -0.4 is 10.5 Å². The largest absolute Gasteiger partial charge is 0.497 e. The van der Waals surface area contributed by atoms with E-state index in [1.54, 1.807) is 13.2 Å². The van der Waals surface area contributed by atoms with Crippen molar-refractivity contribution in [1.82, 2.24) is 0 Å². The third-order valence-corrected chi connectivity index (χ3v) is 4.20. The molecule has 1 unspecified atom stereocenters. The van der Waals surface area contributed by atoms with Crippen LogP contribution in [0, 0.1) is 0 Å². The van der Waals surface area contributed by atoms with E-state index in [9.17, 15) is 0 Å². The number of halogens is 2. The Balaban J connectivity index is 2.05. The highest BCUT2D eigenvalue weighted by atomic mass is 35.5. The fraction of sp³-hybridized carbons (Fsp3) is 0.125. The van der Waals surface area contributed by atoms with Crippen LogP contribution in [0.3, 0.4) is 0 Å². The van der Waals surface area contributed by atoms with Gasteiger partial charge in [0.2, 0.25) is 0 Å². The van der Waals surface area contributed by atoms with E-state index in [0.29, 0.717) is 15.8 Å². The van der Waals surface area contributed by atoms with Crippen molar-refractivity contribution in [1.29, 1.82) is 0 Å². The first kappa shape index (κ1) is 14.3. The molecular weight excluding hydrogens is 309 g/mol. The zero-order valence-electron chi connectivity index (χ0n) is 11.3. The summed E-state index contributed by atoms with van der Waals surface area (Å²) < 4.78 is 11.0. The summed E-state index contributed by atoms with van der Waals surface area (Å²) in [7, 11) is 1.61. The number of nitrogens with two attached hydrogens (primary N) is 1. The van der Waals surface area contributed by atoms with Gasteiger partial charge in [-0.2, -0.15) is 0 Å². The lowest BCUT2D eigenvalue weighted by atomic mass is 10.1. The molecule has 0 aliphatic rings. The van der Waals surface area contributed by atoms with Crippen LogP contribution >= 0.6 is 23.2 Å². The lowest BCUT2D eigenvalue weighted by Gasteiger charge is -2.11. The lowest BCUT2D eigenvalue weighted by molar-refractivity contribution is 0.414. The summed E-state index contributed by atoms with van der Waals surface area (Å²) in [6.07, 6.45) is 0. The maximum absolute atomic E-state index is 6.25. The van der Waals surface area contributed by atoms with Gasteiger partial charge in [-0.05, 0) is 29.8 Å². The SMILES string of the molecule is COc1ccc2cc(C(N)c3cccc(Cl)c3Cl)oc2c1. The molecule has 5 heteroatoms. The predicted molar refractivity (Wildman–Crippen MR) is 85.3 cm³/mol. The molecule has 0 spiro atoms. The number of furan rings is 1. The van der Waals surface area contributed by atoms with Gasteiger partial charge >= 0.3 is 0 Å². The molecule has 2 aromatic carbocycles. The minimum atomic E-state index is -0.477. The summed E-state index contributed by atoms with van der Waals surface area (Å²) in [5.41, 5.74) is 7.70. The average Bonchev–Trinajstić information content (AvgIpc) is 2.92. The van der Waals surface area contributed by atoms with Crippen molar-refractivity contribution < 1.29 is 9.15 Å². The Labute approximate surface area is 132 Å². The fourth-order valence-corrected chi connectivity index (χ4v) is 2.65. The topological polar surface area (TPSA) is 48.4 Å². The van der Waals surface area contributed by atoms with E-state index in [0.717, 1.165) is 22.3 Å². The summed E-state index contributed by atoms with van der Waals surface area (Å²) in [6, 6.07) is 12.4. The van der Waals surface area contributed by atoms with Crippen molar-refractivity contribution in [2.45, 2.75) is 6.04 Å². The van der Waals surface area contributed by atoms with Gasteiger partial charge in [-0.3, -0.25) is 0 Å². The average molecular weight is 322 g/mol. The van der Waals surface area contributed by atoms with Crippen LogP contribution in [0.4, 0.5) is 0 Å². The second-order valence-corrected chi connectivity index (χ2v) is 5.46. The minimum Gasteiger partial charge on any atom is -0.497 e. The van der Waals surface area contributed by atoms with Crippen molar-refractivity contribution in [3.63, 3.8) is 0 Å². The Morgan fingerprint density at radius 1 is 1.14 bits per heavy atom. The number of fused-ring (bicyclic) bond motifs is 1. The van der Waals surface area contributed by atoms with E-state index < -0.39 is 6.04 Å². The van der Waals surface area contributed by atoms with Crippen LogP contribution in [-0.2, 0) is 0 Å². The quantitative estimate of drug-likeness (QED) is 0.754. The molecular formula is C16H13Cl2NO2. The zero-order valence-corrected chi connectivity index (χ0v) is 12.8. The summed E-state index contributed by atoms with van der Waals surface area (Å²) in [5, 5.41) is 1.88. The molecule has 1 heterocycles. The van der Waals surface area contributed by atoms with Crippen LogP contribution in [0.15, 0.2) is 46.9 Å². The lowest BCUT2D eigenvalue weighted by Crippen LogP contribution is -2.11. The van der Waals surface area contributed by atoms with Gasteiger partial charge in [0.1, 0.15) is 17.1 Å². The summed E-state index contributed by atoms with van der Waals surface area (Å²) in [5.74, 6) is 1.36. The number of ether oxygens (including phenoxy) is 1. The van der Waals surface area contributed by atoms with E-state index in [4.69, 9.17) is 38.1 Å². The van der Waals surface area contributed by atoms with Gasteiger partial charge in [0.05, 0.1) is 23.2 Å². The van der Waals surface area contributed by atoms with Gasteiger partial charge in [0.25, 0.3) is 0 Å². The molecule has 3 aromatic rings. The monoisotopic (exact) mass is 321 g/mol. The molecule has 0 aliphatic carbocycles. The molecule has 0 amide bonds. The Morgan fingerprint density at radius 2 is 1.95 bits per heavy atom. The molecule has 0 fully saturated rings. The number of benzene rings is 2. The highest BCUT2D eigenvalue weighted by Gasteiger charge is 2.18. The maximum atomic E-state index is 6.25. The van der Waals surface area contributed by atoms with Crippen LogP contribution in [0.5, 0.6) is 5.75 Å². The van der Waals surface area contributed by atoms with Crippen molar-refractivity contribution in [3.05, 3.63) is 63.8 Å². The molecule has 0 aliphatic heterocycles. The molecule has 1 aromatic heterocycles. The number of hydrogen-bond acceptors (Lipinski definition) is 3. The second kappa shape index (κ2) is 5.60. The van der Waals surface area contributed by atoms with E-state index in [1.807, 2.05) is 36.4 Å². The Kier molecular flexibility index (Phi) is 3.81. The molecule has 0 saturated carbocycles. The van der Waals surface area contributed by atoms with Crippen LogP contribution in [0.1, 0.15) is 17.4 Å². The first-order chi connectivity index (χ1) is 10.1. The summed E-state index contributed by atoms with van der Waals surface area (Å²) >= 11 is 12.2. The molecule has 3 rings (SSSR count). The highest BCUT2D eigenvalue weighted by molar-refractivity contribution is 6.42. The smallest absolute Gasteiger partial charge is 0.138 e. The summed E-state index contributed by atoms with van der Waals surface area (Å²) in [6.45, 7) is 0. The van der Waals surface area contributed by atoms with E-state index in [1.165, 1.54) is 0 Å². The van der Waals surface area contributed by atoms with E-state index in [-0.39, 0.29) is 0 Å². The zero-order chi connectivity index (χ0) is 15.0. The Bertz CT molecular complexity index is 798. The van der Waals surface area contributed by atoms with Gasteiger partial charge in [0, 0.05) is 11.5 Å². The molecule has 0 saturated heterocycles. The molecule has 108 valence electrons. The Hall–Kier alpha value is -1.68. The van der Waals surface area contributed by atoms with Gasteiger partial charge in [0.15, 0.2) is 0 Å². The van der Waals surface area contributed by atoms with Crippen molar-refractivity contribution in [2.24, 2.45) is 5.73 Å². The normalized spacial score (nSPS) is 12.6. The first-order valence-electron chi connectivity index (χ1n) is 6.37. The first-order valence-corrected chi connectivity index (χ1v) is 7.12. The van der Waals surface area contributed by atoms with Gasteiger partial charge in [-0.1, -0.05) is 35.3 Å². The van der Waals surface area contributed by atoms with Gasteiger partial charge in [-0.15, -0.1) is 0 Å². The van der Waals surface area contributed by atoms with Crippen LogP contribution in [-0.4, -0.2) is 7.11 Å². The third-order valence-electron chi connectivity index (χ3n) is 3.37. The predicted octanol–water partition coefficient (Wildman–Crippen LogP) is 4.80. The summed E-state index contributed by atoms with van der Waals surface area (Å²) in [4.78, 5) is 0. The number of hydrogen-bond donors (Lipinski definition) is 1. The molecule has 2 N–H and O–H groups in total. The number of methoxy groups -OCH3 is 1. The van der Waals surface area contributed by atoms with Crippen LogP contribution in [0.25, 0.3) is 11.0 Å².